The third-order valence-corrected chi connectivity index (χ3v) is 2.08. The Labute approximate surface area is 95.5 Å². The van der Waals surface area contributed by atoms with Crippen molar-refractivity contribution in [1.29, 1.82) is 0 Å². The molecule has 0 spiro atoms. The molecule has 16 heavy (non-hydrogen) atoms. The largest absolute Gasteiger partial charge is 0.465 e. The van der Waals surface area contributed by atoms with Gasteiger partial charge >= 0.3 is 6.09 Å². The van der Waals surface area contributed by atoms with Crippen molar-refractivity contribution < 1.29 is 9.90 Å². The van der Waals surface area contributed by atoms with Crippen molar-refractivity contribution >= 4 is 6.09 Å². The summed E-state index contributed by atoms with van der Waals surface area (Å²) in [4.78, 5) is 14.1. The predicted molar refractivity (Wildman–Crippen MR) is 61.5 cm³/mol. The number of nitrogens with zero attached hydrogens (tertiary/aromatic N) is 2. The standard InChI is InChI=1S/C6H8N2.C5H11NO2/c1-2-6-7-3-5-8(6)4-1;1-5(2,3)6-4(7)8/h3,5H,1-2,4H2;6H,1-3H3,(H,7,8). The monoisotopic (exact) mass is 225 g/mol. The zero-order valence-electron chi connectivity index (χ0n) is 10.0. The van der Waals surface area contributed by atoms with Gasteiger partial charge in [0.2, 0.25) is 0 Å². The third-order valence-electron chi connectivity index (χ3n) is 2.08. The van der Waals surface area contributed by atoms with Crippen molar-refractivity contribution in [2.75, 3.05) is 0 Å². The summed E-state index contributed by atoms with van der Waals surface area (Å²) in [6.45, 7) is 6.55. The molecular formula is C11H19N3O2. The predicted octanol–water partition coefficient (Wildman–Crippen LogP) is 1.88. The van der Waals surface area contributed by atoms with E-state index in [1.807, 2.05) is 12.4 Å². The lowest BCUT2D eigenvalue weighted by atomic mass is 10.1. The molecule has 1 aliphatic rings. The number of nitrogens with one attached hydrogen (secondary N) is 1. The summed E-state index contributed by atoms with van der Waals surface area (Å²) in [6, 6.07) is 0. The quantitative estimate of drug-likeness (QED) is 0.708. The van der Waals surface area contributed by atoms with Crippen LogP contribution in [0, 0.1) is 0 Å². The molecule has 1 aromatic rings. The molecule has 1 aromatic heterocycles. The molecule has 5 nitrogen and oxygen atoms in total. The van der Waals surface area contributed by atoms with Crippen molar-refractivity contribution in [2.45, 2.75) is 45.7 Å². The highest BCUT2D eigenvalue weighted by molar-refractivity contribution is 5.65. The Morgan fingerprint density at radius 1 is 1.56 bits per heavy atom. The lowest BCUT2D eigenvalue weighted by Gasteiger charge is -2.16. The minimum atomic E-state index is -0.975. The maximum absolute atomic E-state index is 9.90. The number of hydrogen-bond acceptors (Lipinski definition) is 2. The molecule has 0 aliphatic carbocycles. The van der Waals surface area contributed by atoms with Crippen LogP contribution in [0.4, 0.5) is 4.79 Å². The van der Waals surface area contributed by atoms with E-state index in [0.29, 0.717) is 0 Å². The number of imidazole rings is 1. The molecule has 0 fully saturated rings. The number of carbonyl (C=O) groups is 1. The van der Waals surface area contributed by atoms with E-state index >= 15 is 0 Å². The van der Waals surface area contributed by atoms with E-state index in [1.54, 1.807) is 20.8 Å². The summed E-state index contributed by atoms with van der Waals surface area (Å²) in [5.74, 6) is 1.25. The van der Waals surface area contributed by atoms with Crippen LogP contribution in [-0.2, 0) is 13.0 Å². The Morgan fingerprint density at radius 3 is 2.69 bits per heavy atom. The van der Waals surface area contributed by atoms with Gasteiger partial charge in [-0.15, -0.1) is 0 Å². The lowest BCUT2D eigenvalue weighted by Crippen LogP contribution is -2.39. The fourth-order valence-corrected chi connectivity index (χ4v) is 1.50. The minimum absolute atomic E-state index is 0.328. The molecule has 90 valence electrons. The molecule has 2 heterocycles. The first-order valence-corrected chi connectivity index (χ1v) is 5.39. The second-order valence-corrected chi connectivity index (χ2v) is 4.82. The highest BCUT2D eigenvalue weighted by atomic mass is 16.4. The van der Waals surface area contributed by atoms with Crippen molar-refractivity contribution in [1.82, 2.24) is 14.9 Å². The van der Waals surface area contributed by atoms with Crippen LogP contribution in [0.3, 0.4) is 0 Å². The van der Waals surface area contributed by atoms with Gasteiger partial charge in [-0.3, -0.25) is 0 Å². The number of aryl methyl sites for hydroxylation is 2. The Bertz CT molecular complexity index is 334. The van der Waals surface area contributed by atoms with E-state index in [2.05, 4.69) is 14.9 Å². The Morgan fingerprint density at radius 2 is 2.25 bits per heavy atom. The summed E-state index contributed by atoms with van der Waals surface area (Å²) in [5, 5.41) is 10.4. The first-order chi connectivity index (χ1) is 7.38. The van der Waals surface area contributed by atoms with Crippen LogP contribution < -0.4 is 5.32 Å². The van der Waals surface area contributed by atoms with E-state index in [0.717, 1.165) is 0 Å². The van der Waals surface area contributed by atoms with Crippen LogP contribution in [0.25, 0.3) is 0 Å². The number of aromatic nitrogens is 2. The van der Waals surface area contributed by atoms with Gasteiger partial charge in [0, 0.05) is 30.9 Å². The summed E-state index contributed by atoms with van der Waals surface area (Å²) in [7, 11) is 0. The fourth-order valence-electron chi connectivity index (χ4n) is 1.50. The molecule has 0 saturated heterocycles. The lowest BCUT2D eigenvalue weighted by molar-refractivity contribution is 0.184. The Kier molecular flexibility index (Phi) is 3.93. The van der Waals surface area contributed by atoms with Crippen LogP contribution >= 0.6 is 0 Å². The van der Waals surface area contributed by atoms with E-state index < -0.39 is 6.09 Å². The minimum Gasteiger partial charge on any atom is -0.465 e. The van der Waals surface area contributed by atoms with Gasteiger partial charge in [-0.25, -0.2) is 9.78 Å². The van der Waals surface area contributed by atoms with Gasteiger partial charge < -0.3 is 15.0 Å². The van der Waals surface area contributed by atoms with Crippen molar-refractivity contribution in [3.05, 3.63) is 18.2 Å². The summed E-state index contributed by atoms with van der Waals surface area (Å²) in [5.41, 5.74) is -0.328. The van der Waals surface area contributed by atoms with E-state index in [4.69, 9.17) is 5.11 Å². The van der Waals surface area contributed by atoms with Crippen molar-refractivity contribution in [3.8, 4) is 0 Å². The van der Waals surface area contributed by atoms with Gasteiger partial charge in [0.05, 0.1) is 0 Å². The Hall–Kier alpha value is -1.52. The van der Waals surface area contributed by atoms with Crippen LogP contribution in [0.1, 0.15) is 33.0 Å². The molecular weight excluding hydrogens is 206 g/mol. The number of hydrogen-bond donors (Lipinski definition) is 2. The van der Waals surface area contributed by atoms with Gasteiger partial charge in [-0.1, -0.05) is 0 Å². The molecule has 0 unspecified atom stereocenters. The average molecular weight is 225 g/mol. The molecule has 0 radical (unpaired) electrons. The second-order valence-electron chi connectivity index (χ2n) is 4.82. The van der Waals surface area contributed by atoms with Gasteiger partial charge in [0.25, 0.3) is 0 Å². The molecule has 1 amide bonds. The van der Waals surface area contributed by atoms with E-state index in [-0.39, 0.29) is 5.54 Å². The summed E-state index contributed by atoms with van der Waals surface area (Å²) >= 11 is 0. The molecule has 5 heteroatoms. The number of rotatable bonds is 0. The maximum atomic E-state index is 9.90. The molecule has 2 rings (SSSR count). The summed E-state index contributed by atoms with van der Waals surface area (Å²) in [6.07, 6.45) is 5.39. The van der Waals surface area contributed by atoms with E-state index in [1.165, 1.54) is 25.2 Å². The number of carboxylic acid groups (broad SMARTS) is 1. The number of amides is 1. The van der Waals surface area contributed by atoms with E-state index in [9.17, 15) is 4.79 Å². The molecule has 2 N–H and O–H groups in total. The molecule has 0 atom stereocenters. The highest BCUT2D eigenvalue weighted by Gasteiger charge is 2.11. The molecule has 0 bridgehead atoms. The zero-order valence-corrected chi connectivity index (χ0v) is 10.0. The second kappa shape index (κ2) is 5.01. The van der Waals surface area contributed by atoms with Gasteiger partial charge in [0.15, 0.2) is 0 Å². The smallest absolute Gasteiger partial charge is 0.405 e. The molecule has 0 saturated carbocycles. The van der Waals surface area contributed by atoms with Gasteiger partial charge in [0.1, 0.15) is 5.82 Å². The number of fused-ring (bicyclic) bond motifs is 1. The fraction of sp³-hybridized carbons (Fsp3) is 0.636. The average Bonchev–Trinajstić information content (AvgIpc) is 2.56. The molecule has 0 aromatic carbocycles. The van der Waals surface area contributed by atoms with Crippen molar-refractivity contribution in [2.24, 2.45) is 0 Å². The van der Waals surface area contributed by atoms with Crippen LogP contribution in [0.5, 0.6) is 0 Å². The van der Waals surface area contributed by atoms with Crippen LogP contribution in [0.15, 0.2) is 12.4 Å². The van der Waals surface area contributed by atoms with Crippen molar-refractivity contribution in [3.63, 3.8) is 0 Å². The normalized spacial score (nSPS) is 13.7. The highest BCUT2D eigenvalue weighted by Crippen LogP contribution is 2.10. The Balaban J connectivity index is 0.000000160. The topological polar surface area (TPSA) is 67.2 Å². The first kappa shape index (κ1) is 12.5. The third kappa shape index (κ3) is 4.33. The van der Waals surface area contributed by atoms with Gasteiger partial charge in [-0.05, 0) is 27.2 Å². The SMILES string of the molecule is CC(C)(C)NC(=O)O.c1cn2c(n1)CCC2. The zero-order chi connectivity index (χ0) is 12.2. The molecule has 1 aliphatic heterocycles. The van der Waals surface area contributed by atoms with Gasteiger partial charge in [-0.2, -0.15) is 0 Å². The maximum Gasteiger partial charge on any atom is 0.405 e. The van der Waals surface area contributed by atoms with Crippen LogP contribution in [0.2, 0.25) is 0 Å². The van der Waals surface area contributed by atoms with Crippen LogP contribution in [-0.4, -0.2) is 26.3 Å². The summed E-state index contributed by atoms with van der Waals surface area (Å²) < 4.78 is 2.21. The first-order valence-electron chi connectivity index (χ1n) is 5.39.